The van der Waals surface area contributed by atoms with Crippen LogP contribution in [0.25, 0.3) is 0 Å². The first kappa shape index (κ1) is 13.9. The van der Waals surface area contributed by atoms with E-state index in [0.717, 1.165) is 6.07 Å². The van der Waals surface area contributed by atoms with Gasteiger partial charge in [-0.1, -0.05) is 0 Å². The van der Waals surface area contributed by atoms with Crippen LogP contribution in [0.3, 0.4) is 0 Å². The van der Waals surface area contributed by atoms with Gasteiger partial charge in [0.15, 0.2) is 0 Å². The number of hydrogen-bond donors (Lipinski definition) is 4. The van der Waals surface area contributed by atoms with Gasteiger partial charge < -0.3 is 20.6 Å². The molecule has 4 N–H and O–H groups in total. The summed E-state index contributed by atoms with van der Waals surface area (Å²) < 4.78 is 13.7. The van der Waals surface area contributed by atoms with Gasteiger partial charge in [-0.05, 0) is 28.1 Å². The predicted molar refractivity (Wildman–Crippen MR) is 62.6 cm³/mol. The van der Waals surface area contributed by atoms with Crippen LogP contribution in [0.2, 0.25) is 0 Å². The molecular formula is C10H11BrFNO4. The molecule has 0 aliphatic rings. The van der Waals surface area contributed by atoms with Gasteiger partial charge in [-0.15, -0.1) is 0 Å². The van der Waals surface area contributed by atoms with E-state index in [1.807, 2.05) is 0 Å². The summed E-state index contributed by atoms with van der Waals surface area (Å²) in [5, 5.41) is 29.1. The largest absolute Gasteiger partial charge is 0.478 e. The molecule has 94 valence electrons. The number of aliphatic hydroxyl groups is 2. The minimum Gasteiger partial charge on any atom is -0.478 e. The quantitative estimate of drug-likeness (QED) is 0.653. The second-order valence-corrected chi connectivity index (χ2v) is 4.16. The Kier molecular flexibility index (Phi) is 4.86. The molecule has 0 aromatic heterocycles. The highest BCUT2D eigenvalue weighted by atomic mass is 79.9. The van der Waals surface area contributed by atoms with E-state index in [9.17, 15) is 9.18 Å². The topological polar surface area (TPSA) is 89.8 Å². The van der Waals surface area contributed by atoms with Crippen molar-refractivity contribution < 1.29 is 24.5 Å². The van der Waals surface area contributed by atoms with Crippen LogP contribution in [0.4, 0.5) is 10.1 Å². The van der Waals surface area contributed by atoms with Gasteiger partial charge in [0.05, 0.1) is 24.0 Å². The maximum Gasteiger partial charge on any atom is 0.339 e. The van der Waals surface area contributed by atoms with E-state index in [-0.39, 0.29) is 22.3 Å². The molecule has 0 heterocycles. The van der Waals surface area contributed by atoms with Crippen LogP contribution in [0.5, 0.6) is 0 Å². The highest BCUT2D eigenvalue weighted by Crippen LogP contribution is 2.27. The summed E-state index contributed by atoms with van der Waals surface area (Å²) in [4.78, 5) is 11.0. The Morgan fingerprint density at radius 1 is 1.53 bits per heavy atom. The van der Waals surface area contributed by atoms with Gasteiger partial charge >= 0.3 is 5.97 Å². The first-order valence-corrected chi connectivity index (χ1v) is 5.50. The molecule has 17 heavy (non-hydrogen) atoms. The van der Waals surface area contributed by atoms with Crippen molar-refractivity contribution in [2.24, 2.45) is 0 Å². The molecule has 5 nitrogen and oxygen atoms in total. The summed E-state index contributed by atoms with van der Waals surface area (Å²) in [5.74, 6) is -2.03. The Labute approximate surface area is 105 Å². The van der Waals surface area contributed by atoms with Crippen molar-refractivity contribution in [3.05, 3.63) is 28.0 Å². The van der Waals surface area contributed by atoms with Gasteiger partial charge in [0.1, 0.15) is 5.82 Å². The standard InChI is InChI=1S/C10H11BrFNO4/c11-6-1-2-7(12)9(8(6)10(16)17)13-3-5(15)4-14/h1-2,5,13-15H,3-4H2,(H,16,17). The highest BCUT2D eigenvalue weighted by molar-refractivity contribution is 9.10. The number of benzene rings is 1. The van der Waals surface area contributed by atoms with Gasteiger partial charge in [-0.3, -0.25) is 0 Å². The maximum atomic E-state index is 13.5. The molecule has 7 heteroatoms. The third-order valence-corrected chi connectivity index (χ3v) is 2.70. The van der Waals surface area contributed by atoms with Crippen molar-refractivity contribution in [1.82, 2.24) is 0 Å². The molecule has 0 saturated heterocycles. The van der Waals surface area contributed by atoms with Crippen LogP contribution in [0.1, 0.15) is 10.4 Å². The second kappa shape index (κ2) is 5.95. The number of aromatic carboxylic acids is 1. The van der Waals surface area contributed by atoms with Crippen molar-refractivity contribution in [1.29, 1.82) is 0 Å². The zero-order valence-electron chi connectivity index (χ0n) is 8.65. The lowest BCUT2D eigenvalue weighted by Crippen LogP contribution is -2.24. The van der Waals surface area contributed by atoms with E-state index in [1.54, 1.807) is 0 Å². The smallest absolute Gasteiger partial charge is 0.339 e. The molecule has 0 aliphatic carbocycles. The number of anilines is 1. The lowest BCUT2D eigenvalue weighted by molar-refractivity contribution is 0.0696. The van der Waals surface area contributed by atoms with Gasteiger partial charge in [0.25, 0.3) is 0 Å². The molecule has 1 aromatic rings. The number of aliphatic hydroxyl groups excluding tert-OH is 2. The summed E-state index contributed by atoms with van der Waals surface area (Å²) in [5.41, 5.74) is -0.477. The molecular weight excluding hydrogens is 297 g/mol. The van der Waals surface area contributed by atoms with Crippen LogP contribution in [-0.4, -0.2) is 40.5 Å². The van der Waals surface area contributed by atoms with Crippen molar-refractivity contribution in [3.8, 4) is 0 Å². The van der Waals surface area contributed by atoms with Crippen LogP contribution in [-0.2, 0) is 0 Å². The fraction of sp³-hybridized carbons (Fsp3) is 0.300. The zero-order chi connectivity index (χ0) is 13.0. The molecule has 0 amide bonds. The average molecular weight is 308 g/mol. The van der Waals surface area contributed by atoms with E-state index in [4.69, 9.17) is 15.3 Å². The summed E-state index contributed by atoms with van der Waals surface area (Å²) in [6, 6.07) is 2.39. The van der Waals surface area contributed by atoms with Crippen molar-refractivity contribution in [2.75, 3.05) is 18.5 Å². The van der Waals surface area contributed by atoms with Crippen molar-refractivity contribution in [2.45, 2.75) is 6.10 Å². The van der Waals surface area contributed by atoms with E-state index >= 15 is 0 Å². The number of carbonyl (C=O) groups is 1. The summed E-state index contributed by atoms with van der Waals surface area (Å²) in [6.45, 7) is -0.644. The van der Waals surface area contributed by atoms with E-state index < -0.39 is 24.5 Å². The monoisotopic (exact) mass is 307 g/mol. The fourth-order valence-electron chi connectivity index (χ4n) is 1.22. The lowest BCUT2D eigenvalue weighted by atomic mass is 10.1. The Morgan fingerprint density at radius 3 is 2.71 bits per heavy atom. The van der Waals surface area contributed by atoms with Crippen LogP contribution < -0.4 is 5.32 Å². The number of rotatable bonds is 5. The molecule has 0 aliphatic heterocycles. The van der Waals surface area contributed by atoms with Crippen LogP contribution >= 0.6 is 15.9 Å². The molecule has 0 bridgehead atoms. The Bertz CT molecular complexity index is 427. The van der Waals surface area contributed by atoms with E-state index in [2.05, 4.69) is 21.2 Å². The second-order valence-electron chi connectivity index (χ2n) is 3.30. The minimum atomic E-state index is -1.29. The summed E-state index contributed by atoms with van der Waals surface area (Å²) in [6.07, 6.45) is -1.09. The average Bonchev–Trinajstić information content (AvgIpc) is 2.28. The van der Waals surface area contributed by atoms with Gasteiger partial charge in [0.2, 0.25) is 0 Å². The highest BCUT2D eigenvalue weighted by Gasteiger charge is 2.18. The fourth-order valence-corrected chi connectivity index (χ4v) is 1.72. The molecule has 1 atom stereocenters. The number of nitrogens with one attached hydrogen (secondary N) is 1. The summed E-state index contributed by atoms with van der Waals surface area (Å²) in [7, 11) is 0. The number of carboxylic acids is 1. The van der Waals surface area contributed by atoms with E-state index in [1.165, 1.54) is 6.07 Å². The molecule has 1 unspecified atom stereocenters. The minimum absolute atomic E-state index is 0.149. The van der Waals surface area contributed by atoms with Crippen molar-refractivity contribution >= 4 is 27.6 Å². The third kappa shape index (κ3) is 3.39. The van der Waals surface area contributed by atoms with Gasteiger partial charge in [0, 0.05) is 11.0 Å². The van der Waals surface area contributed by atoms with Crippen LogP contribution in [0.15, 0.2) is 16.6 Å². The number of hydrogen-bond acceptors (Lipinski definition) is 4. The molecule has 0 spiro atoms. The molecule has 1 rings (SSSR count). The molecule has 0 fully saturated rings. The summed E-state index contributed by atoms with van der Waals surface area (Å²) >= 11 is 3.01. The third-order valence-electron chi connectivity index (χ3n) is 2.04. The number of halogens is 2. The normalized spacial score (nSPS) is 12.2. The molecule has 1 aromatic carbocycles. The first-order valence-electron chi connectivity index (χ1n) is 4.71. The molecule has 0 radical (unpaired) electrons. The number of carboxylic acid groups (broad SMARTS) is 1. The first-order chi connectivity index (χ1) is 7.97. The Balaban J connectivity index is 3.04. The zero-order valence-corrected chi connectivity index (χ0v) is 10.2. The van der Waals surface area contributed by atoms with Crippen molar-refractivity contribution in [3.63, 3.8) is 0 Å². The predicted octanol–water partition coefficient (Wildman–Crippen LogP) is 1.05. The lowest BCUT2D eigenvalue weighted by Gasteiger charge is -2.14. The van der Waals surface area contributed by atoms with Crippen LogP contribution in [0, 0.1) is 5.82 Å². The Morgan fingerprint density at radius 2 is 2.18 bits per heavy atom. The van der Waals surface area contributed by atoms with Gasteiger partial charge in [-0.25, -0.2) is 9.18 Å². The van der Waals surface area contributed by atoms with Gasteiger partial charge in [-0.2, -0.15) is 0 Å². The Hall–Kier alpha value is -1.18. The molecule has 0 saturated carbocycles. The maximum absolute atomic E-state index is 13.5. The van der Waals surface area contributed by atoms with E-state index in [0.29, 0.717) is 0 Å². The SMILES string of the molecule is O=C(O)c1c(Br)ccc(F)c1NCC(O)CO.